The van der Waals surface area contributed by atoms with Crippen molar-refractivity contribution < 1.29 is 23.9 Å². The number of ether oxygens (including phenoxy) is 1. The smallest absolute Gasteiger partial charge is 0.338 e. The van der Waals surface area contributed by atoms with Gasteiger partial charge in [0, 0.05) is 30.2 Å². The van der Waals surface area contributed by atoms with Crippen LogP contribution in [0.25, 0.3) is 6.08 Å². The number of rotatable bonds is 14. The number of likely N-dealkylation sites (N-methyl/N-ethyl adjacent to an activating group) is 1. The highest BCUT2D eigenvalue weighted by atomic mass is 35.5. The van der Waals surface area contributed by atoms with Crippen LogP contribution in [-0.4, -0.2) is 65.6 Å². The van der Waals surface area contributed by atoms with Gasteiger partial charge in [0.25, 0.3) is 11.1 Å². The zero-order valence-electron chi connectivity index (χ0n) is 22.3. The van der Waals surface area contributed by atoms with Crippen LogP contribution < -0.4 is 5.32 Å². The van der Waals surface area contributed by atoms with E-state index in [0.29, 0.717) is 66.6 Å². The Bertz CT molecular complexity index is 1180. The van der Waals surface area contributed by atoms with Crippen molar-refractivity contribution >= 4 is 58.1 Å². The maximum Gasteiger partial charge on any atom is 0.338 e. The number of anilines is 1. The van der Waals surface area contributed by atoms with Crippen LogP contribution in [0.1, 0.15) is 55.5 Å². The van der Waals surface area contributed by atoms with E-state index in [0.717, 1.165) is 30.4 Å². The summed E-state index contributed by atoms with van der Waals surface area (Å²) < 4.78 is 5.32. The number of amides is 3. The summed E-state index contributed by atoms with van der Waals surface area (Å²) in [5.41, 5.74) is 1.84. The quantitative estimate of drug-likeness (QED) is 0.167. The molecular formula is C29H34ClN3O5S. The second-order valence-electron chi connectivity index (χ2n) is 8.98. The highest BCUT2D eigenvalue weighted by Crippen LogP contribution is 2.32. The Morgan fingerprint density at radius 3 is 2.36 bits per heavy atom. The molecule has 208 valence electrons. The fraction of sp³-hybridized carbons (Fsp3) is 0.379. The first-order valence-corrected chi connectivity index (χ1v) is 14.3. The van der Waals surface area contributed by atoms with E-state index >= 15 is 0 Å². The number of esters is 1. The molecule has 1 fully saturated rings. The van der Waals surface area contributed by atoms with Crippen molar-refractivity contribution in [3.8, 4) is 0 Å². The van der Waals surface area contributed by atoms with Crippen molar-refractivity contribution in [1.29, 1.82) is 0 Å². The van der Waals surface area contributed by atoms with Gasteiger partial charge in [0.05, 0.1) is 10.5 Å². The van der Waals surface area contributed by atoms with E-state index in [9.17, 15) is 19.2 Å². The van der Waals surface area contributed by atoms with Crippen LogP contribution in [-0.2, 0) is 14.3 Å². The summed E-state index contributed by atoms with van der Waals surface area (Å²) in [6.45, 7) is 7.28. The molecule has 1 N–H and O–H groups in total. The average Bonchev–Trinajstić information content (AvgIpc) is 3.19. The fourth-order valence-corrected chi connectivity index (χ4v) is 4.93. The van der Waals surface area contributed by atoms with Gasteiger partial charge in [-0.25, -0.2) is 4.79 Å². The maximum atomic E-state index is 12.6. The Kier molecular flexibility index (Phi) is 12.0. The summed E-state index contributed by atoms with van der Waals surface area (Å²) in [5.74, 6) is -0.823. The molecule has 2 aromatic carbocycles. The van der Waals surface area contributed by atoms with E-state index in [1.54, 1.807) is 54.6 Å². The number of thioether (sulfide) groups is 1. The molecule has 8 nitrogen and oxygen atoms in total. The van der Waals surface area contributed by atoms with Gasteiger partial charge < -0.3 is 15.0 Å². The molecule has 0 aromatic heterocycles. The normalized spacial score (nSPS) is 14.4. The molecule has 0 saturated carbocycles. The highest BCUT2D eigenvalue weighted by molar-refractivity contribution is 8.18. The van der Waals surface area contributed by atoms with Crippen molar-refractivity contribution in [2.75, 3.05) is 38.1 Å². The average molecular weight is 572 g/mol. The van der Waals surface area contributed by atoms with Crippen LogP contribution in [0.3, 0.4) is 0 Å². The van der Waals surface area contributed by atoms with Gasteiger partial charge >= 0.3 is 5.97 Å². The van der Waals surface area contributed by atoms with Gasteiger partial charge in [-0.1, -0.05) is 44.0 Å². The fourth-order valence-electron chi connectivity index (χ4n) is 3.94. The SMILES string of the molecule is CCN(CC)CCOC(=O)c1ccc(NC(=O)CCCCCN2C(=O)S/C(=C/c3ccc(Cl)cc3)C2=O)cc1. The summed E-state index contributed by atoms with van der Waals surface area (Å²) in [5, 5.41) is 3.14. The molecule has 0 radical (unpaired) electrons. The first-order chi connectivity index (χ1) is 18.8. The summed E-state index contributed by atoms with van der Waals surface area (Å²) in [6, 6.07) is 13.7. The first kappa shape index (κ1) is 30.4. The third-order valence-corrected chi connectivity index (χ3v) is 7.43. The van der Waals surface area contributed by atoms with Gasteiger partial charge in [0.15, 0.2) is 0 Å². The minimum atomic E-state index is -0.388. The Balaban J connectivity index is 1.34. The molecule has 0 spiro atoms. The number of nitrogens with zero attached hydrogens (tertiary/aromatic N) is 2. The summed E-state index contributed by atoms with van der Waals surface area (Å²) in [4.78, 5) is 53.3. The zero-order chi connectivity index (χ0) is 28.2. The monoisotopic (exact) mass is 571 g/mol. The van der Waals surface area contributed by atoms with Crippen molar-refractivity contribution in [3.05, 3.63) is 69.6 Å². The van der Waals surface area contributed by atoms with Gasteiger partial charge in [-0.05, 0) is 85.7 Å². The number of hydrogen-bond acceptors (Lipinski definition) is 7. The molecule has 2 aromatic rings. The number of benzene rings is 2. The van der Waals surface area contributed by atoms with Crippen molar-refractivity contribution in [2.24, 2.45) is 0 Å². The van der Waals surface area contributed by atoms with Crippen LogP contribution in [0, 0.1) is 0 Å². The molecule has 3 rings (SSSR count). The number of carbonyl (C=O) groups excluding carboxylic acids is 4. The predicted molar refractivity (Wildman–Crippen MR) is 156 cm³/mol. The van der Waals surface area contributed by atoms with E-state index in [-0.39, 0.29) is 23.0 Å². The van der Waals surface area contributed by atoms with Gasteiger partial charge in [-0.15, -0.1) is 0 Å². The molecule has 0 unspecified atom stereocenters. The molecule has 0 bridgehead atoms. The third kappa shape index (κ3) is 9.53. The van der Waals surface area contributed by atoms with Gasteiger partial charge in [-0.2, -0.15) is 0 Å². The molecule has 1 heterocycles. The van der Waals surface area contributed by atoms with Crippen molar-refractivity contribution in [1.82, 2.24) is 9.80 Å². The maximum absolute atomic E-state index is 12.6. The lowest BCUT2D eigenvalue weighted by molar-refractivity contribution is -0.123. The van der Waals surface area contributed by atoms with Crippen LogP contribution in [0.15, 0.2) is 53.4 Å². The molecule has 1 aliphatic heterocycles. The highest BCUT2D eigenvalue weighted by Gasteiger charge is 2.34. The Morgan fingerprint density at radius 1 is 1.00 bits per heavy atom. The molecule has 1 aliphatic rings. The standard InChI is InChI=1S/C29H34ClN3O5S/c1-3-32(4-2)18-19-38-28(36)22-11-15-24(16-12-22)31-26(34)8-6-5-7-17-33-27(35)25(39-29(33)37)20-21-9-13-23(30)14-10-21/h9-16,20H,3-8,17-19H2,1-2H3,(H,31,34)/b25-20+. The van der Waals surface area contributed by atoms with E-state index in [1.807, 2.05) is 0 Å². The molecular weight excluding hydrogens is 538 g/mol. The zero-order valence-corrected chi connectivity index (χ0v) is 23.9. The Labute approximate surface area is 238 Å². The van der Waals surface area contributed by atoms with Crippen LogP contribution in [0.5, 0.6) is 0 Å². The Morgan fingerprint density at radius 2 is 1.69 bits per heavy atom. The van der Waals surface area contributed by atoms with Gasteiger partial charge in [0.1, 0.15) is 6.61 Å². The van der Waals surface area contributed by atoms with Crippen LogP contribution in [0.2, 0.25) is 5.02 Å². The third-order valence-electron chi connectivity index (χ3n) is 6.27. The second-order valence-corrected chi connectivity index (χ2v) is 10.4. The van der Waals surface area contributed by atoms with Gasteiger partial charge in [-0.3, -0.25) is 19.3 Å². The van der Waals surface area contributed by atoms with E-state index in [4.69, 9.17) is 16.3 Å². The summed E-state index contributed by atoms with van der Waals surface area (Å²) >= 11 is 6.82. The van der Waals surface area contributed by atoms with E-state index in [2.05, 4.69) is 24.1 Å². The summed E-state index contributed by atoms with van der Waals surface area (Å²) in [6.07, 6.45) is 3.94. The van der Waals surface area contributed by atoms with E-state index < -0.39 is 0 Å². The van der Waals surface area contributed by atoms with Crippen LogP contribution in [0.4, 0.5) is 10.5 Å². The summed E-state index contributed by atoms with van der Waals surface area (Å²) in [7, 11) is 0. The van der Waals surface area contributed by atoms with Crippen molar-refractivity contribution in [2.45, 2.75) is 39.5 Å². The minimum Gasteiger partial charge on any atom is -0.461 e. The number of carbonyl (C=O) groups is 4. The number of unbranched alkanes of at least 4 members (excludes halogenated alkanes) is 2. The predicted octanol–water partition coefficient (Wildman–Crippen LogP) is 6.07. The number of halogens is 1. The lowest BCUT2D eigenvalue weighted by Crippen LogP contribution is -2.29. The van der Waals surface area contributed by atoms with E-state index in [1.165, 1.54) is 4.90 Å². The molecule has 0 aliphatic carbocycles. The largest absolute Gasteiger partial charge is 0.461 e. The lowest BCUT2D eigenvalue weighted by atomic mass is 10.1. The molecule has 0 atom stereocenters. The Hall–Kier alpha value is -3.14. The molecule has 3 amide bonds. The second kappa shape index (κ2) is 15.5. The first-order valence-electron chi connectivity index (χ1n) is 13.1. The number of hydrogen-bond donors (Lipinski definition) is 1. The minimum absolute atomic E-state index is 0.137. The van der Waals surface area contributed by atoms with Crippen LogP contribution >= 0.6 is 23.4 Å². The topological polar surface area (TPSA) is 96.0 Å². The molecule has 1 saturated heterocycles. The molecule has 39 heavy (non-hydrogen) atoms. The lowest BCUT2D eigenvalue weighted by Gasteiger charge is -2.17. The van der Waals surface area contributed by atoms with Gasteiger partial charge in [0.2, 0.25) is 5.91 Å². The number of imide groups is 1. The molecule has 10 heteroatoms. The van der Waals surface area contributed by atoms with Crippen molar-refractivity contribution in [3.63, 3.8) is 0 Å². The number of nitrogens with one attached hydrogen (secondary N) is 1.